The van der Waals surface area contributed by atoms with E-state index in [0.29, 0.717) is 28.8 Å². The van der Waals surface area contributed by atoms with Crippen LogP contribution in [-0.2, 0) is 6.61 Å². The van der Waals surface area contributed by atoms with Crippen LogP contribution in [0.4, 0.5) is 5.95 Å². The number of hydrogen-bond acceptors (Lipinski definition) is 6. The summed E-state index contributed by atoms with van der Waals surface area (Å²) in [5, 5.41) is 0.412. The number of fused-ring (bicyclic) bond motifs is 1. The van der Waals surface area contributed by atoms with Crippen LogP contribution in [0, 0.1) is 0 Å². The van der Waals surface area contributed by atoms with Crippen LogP contribution in [0.25, 0.3) is 11.2 Å². The van der Waals surface area contributed by atoms with Crippen LogP contribution in [0.1, 0.15) is 5.56 Å². The number of nitrogens with two attached hydrogens (primary N) is 1. The molecule has 3 heterocycles. The Balaban J connectivity index is 1.87. The third-order valence-electron chi connectivity index (χ3n) is 2.44. The second kappa shape index (κ2) is 4.69. The summed E-state index contributed by atoms with van der Waals surface area (Å²) in [6.07, 6.45) is 3.12. The van der Waals surface area contributed by atoms with Crippen molar-refractivity contribution in [3.05, 3.63) is 35.4 Å². The number of aromatic nitrogens is 5. The van der Waals surface area contributed by atoms with Crippen molar-refractivity contribution in [1.29, 1.82) is 0 Å². The Morgan fingerprint density at radius 3 is 3.05 bits per heavy atom. The van der Waals surface area contributed by atoms with Gasteiger partial charge in [0.2, 0.25) is 11.8 Å². The maximum atomic E-state index is 5.80. The van der Waals surface area contributed by atoms with E-state index < -0.39 is 0 Å². The molecule has 96 valence electrons. The number of halogens is 1. The molecule has 0 aliphatic carbocycles. The van der Waals surface area contributed by atoms with E-state index in [0.717, 1.165) is 5.56 Å². The molecule has 3 aromatic heterocycles. The van der Waals surface area contributed by atoms with E-state index in [1.807, 2.05) is 0 Å². The second-order valence-corrected chi connectivity index (χ2v) is 4.15. The molecule has 0 aromatic carbocycles. The van der Waals surface area contributed by atoms with Gasteiger partial charge in [-0.2, -0.15) is 9.97 Å². The van der Waals surface area contributed by atoms with Gasteiger partial charge in [0.05, 0.1) is 6.33 Å². The van der Waals surface area contributed by atoms with Crippen molar-refractivity contribution in [2.45, 2.75) is 6.61 Å². The summed E-state index contributed by atoms with van der Waals surface area (Å²) in [4.78, 5) is 18.8. The average molecular weight is 277 g/mol. The number of rotatable bonds is 3. The number of pyridine rings is 1. The zero-order valence-electron chi connectivity index (χ0n) is 9.67. The number of imidazole rings is 1. The Morgan fingerprint density at radius 2 is 2.21 bits per heavy atom. The smallest absolute Gasteiger partial charge is 0.245 e. The van der Waals surface area contributed by atoms with Crippen LogP contribution in [-0.4, -0.2) is 24.9 Å². The lowest BCUT2D eigenvalue weighted by atomic mass is 10.3. The Hall–Kier alpha value is -2.41. The molecule has 0 aliphatic rings. The quantitative estimate of drug-likeness (QED) is 0.704. The van der Waals surface area contributed by atoms with E-state index in [-0.39, 0.29) is 5.95 Å². The third-order valence-corrected chi connectivity index (χ3v) is 2.64. The number of nitrogens with one attached hydrogen (secondary N) is 1. The average Bonchev–Trinajstić information content (AvgIpc) is 2.84. The van der Waals surface area contributed by atoms with Gasteiger partial charge in [-0.3, -0.25) is 0 Å². The lowest BCUT2D eigenvalue weighted by Crippen LogP contribution is -2.02. The van der Waals surface area contributed by atoms with E-state index in [2.05, 4.69) is 24.9 Å². The van der Waals surface area contributed by atoms with Crippen LogP contribution in [0.15, 0.2) is 24.7 Å². The molecule has 3 N–H and O–H groups in total. The second-order valence-electron chi connectivity index (χ2n) is 3.76. The van der Waals surface area contributed by atoms with Gasteiger partial charge in [0.25, 0.3) is 0 Å². The Labute approximate surface area is 112 Å². The van der Waals surface area contributed by atoms with Crippen LogP contribution in [0.2, 0.25) is 5.15 Å². The first kappa shape index (κ1) is 11.7. The molecule has 0 unspecified atom stereocenters. The summed E-state index contributed by atoms with van der Waals surface area (Å²) in [5.74, 6) is 0.468. The molecule has 0 spiro atoms. The summed E-state index contributed by atoms with van der Waals surface area (Å²) in [7, 11) is 0. The largest absolute Gasteiger partial charge is 0.471 e. The van der Waals surface area contributed by atoms with Crippen LogP contribution < -0.4 is 10.5 Å². The minimum absolute atomic E-state index is 0.113. The molecule has 0 aliphatic heterocycles. The van der Waals surface area contributed by atoms with Crippen molar-refractivity contribution < 1.29 is 4.74 Å². The zero-order valence-corrected chi connectivity index (χ0v) is 10.4. The standard InChI is InChI=1S/C11H9ClN6O/c12-7-3-6(1-2-14-7)4-19-10-8-9(16-5-15-8)17-11(13)18-10/h1-3,5H,4H2,(H3,13,15,16,17,18). The van der Waals surface area contributed by atoms with Crippen molar-refractivity contribution >= 4 is 28.7 Å². The number of ether oxygens (including phenoxy) is 1. The number of nitrogens with zero attached hydrogens (tertiary/aromatic N) is 4. The molecule has 19 heavy (non-hydrogen) atoms. The van der Waals surface area contributed by atoms with Gasteiger partial charge >= 0.3 is 0 Å². The highest BCUT2D eigenvalue weighted by atomic mass is 35.5. The fourth-order valence-corrected chi connectivity index (χ4v) is 1.81. The molecule has 0 amide bonds. The van der Waals surface area contributed by atoms with Gasteiger partial charge in [0.1, 0.15) is 17.3 Å². The Kier molecular flexibility index (Phi) is 2.88. The van der Waals surface area contributed by atoms with Crippen molar-refractivity contribution in [1.82, 2.24) is 24.9 Å². The molecule has 0 saturated heterocycles. The molecule has 0 saturated carbocycles. The Bertz CT molecular complexity index is 728. The molecule has 3 rings (SSSR count). The highest BCUT2D eigenvalue weighted by Gasteiger charge is 2.09. The summed E-state index contributed by atoms with van der Waals surface area (Å²) in [5.41, 5.74) is 7.54. The number of H-pyrrole nitrogens is 1. The predicted molar refractivity (Wildman–Crippen MR) is 69.7 cm³/mol. The van der Waals surface area contributed by atoms with E-state index in [1.54, 1.807) is 18.3 Å². The molecule has 3 aromatic rings. The van der Waals surface area contributed by atoms with Gasteiger partial charge in [0, 0.05) is 6.20 Å². The van der Waals surface area contributed by atoms with Gasteiger partial charge < -0.3 is 15.5 Å². The topological polar surface area (TPSA) is 103 Å². The fraction of sp³-hybridized carbons (Fsp3) is 0.0909. The molecule has 7 nitrogen and oxygen atoms in total. The molecule has 0 bridgehead atoms. The number of nitrogen functional groups attached to an aromatic ring is 1. The summed E-state index contributed by atoms with van der Waals surface area (Å²) < 4.78 is 5.61. The normalized spacial score (nSPS) is 10.8. The van der Waals surface area contributed by atoms with Gasteiger partial charge in [-0.25, -0.2) is 9.97 Å². The van der Waals surface area contributed by atoms with Crippen LogP contribution in [0.3, 0.4) is 0 Å². The maximum Gasteiger partial charge on any atom is 0.245 e. The molecule has 0 radical (unpaired) electrons. The van der Waals surface area contributed by atoms with Crippen LogP contribution >= 0.6 is 11.6 Å². The predicted octanol–water partition coefficient (Wildman–Crippen LogP) is 1.56. The van der Waals surface area contributed by atoms with E-state index >= 15 is 0 Å². The van der Waals surface area contributed by atoms with Gasteiger partial charge in [-0.1, -0.05) is 11.6 Å². The Morgan fingerprint density at radius 1 is 1.32 bits per heavy atom. The third kappa shape index (κ3) is 2.41. The van der Waals surface area contributed by atoms with E-state index in [1.165, 1.54) is 6.33 Å². The zero-order chi connectivity index (χ0) is 13.2. The number of anilines is 1. The van der Waals surface area contributed by atoms with Crippen molar-refractivity contribution in [3.63, 3.8) is 0 Å². The highest BCUT2D eigenvalue weighted by Crippen LogP contribution is 2.21. The van der Waals surface area contributed by atoms with Crippen molar-refractivity contribution in [2.24, 2.45) is 0 Å². The van der Waals surface area contributed by atoms with E-state index in [4.69, 9.17) is 22.1 Å². The molecular weight excluding hydrogens is 268 g/mol. The molecule has 8 heteroatoms. The first-order valence-corrected chi connectivity index (χ1v) is 5.80. The number of aromatic amines is 1. The summed E-state index contributed by atoms with van der Waals surface area (Å²) >= 11 is 5.80. The molecular formula is C11H9ClN6O. The lowest BCUT2D eigenvalue weighted by Gasteiger charge is -2.06. The highest BCUT2D eigenvalue weighted by molar-refractivity contribution is 6.29. The first-order chi connectivity index (χ1) is 9.22. The number of hydrogen-bond donors (Lipinski definition) is 2. The van der Waals surface area contributed by atoms with E-state index in [9.17, 15) is 0 Å². The van der Waals surface area contributed by atoms with Crippen molar-refractivity contribution in [2.75, 3.05) is 5.73 Å². The van der Waals surface area contributed by atoms with Gasteiger partial charge in [-0.05, 0) is 17.7 Å². The first-order valence-electron chi connectivity index (χ1n) is 5.42. The fourth-order valence-electron chi connectivity index (χ4n) is 1.61. The molecule has 0 fully saturated rings. The van der Waals surface area contributed by atoms with Crippen LogP contribution in [0.5, 0.6) is 5.88 Å². The SMILES string of the molecule is Nc1nc(OCc2ccnc(Cl)c2)c2[nH]cnc2n1. The monoisotopic (exact) mass is 276 g/mol. The van der Waals surface area contributed by atoms with Crippen molar-refractivity contribution in [3.8, 4) is 5.88 Å². The minimum Gasteiger partial charge on any atom is -0.471 e. The van der Waals surface area contributed by atoms with Gasteiger partial charge in [-0.15, -0.1) is 0 Å². The van der Waals surface area contributed by atoms with Gasteiger partial charge in [0.15, 0.2) is 5.65 Å². The summed E-state index contributed by atoms with van der Waals surface area (Å²) in [6, 6.07) is 3.52. The lowest BCUT2D eigenvalue weighted by molar-refractivity contribution is 0.297. The minimum atomic E-state index is 0.113. The maximum absolute atomic E-state index is 5.80. The molecule has 0 atom stereocenters. The summed E-state index contributed by atoms with van der Waals surface area (Å²) in [6.45, 7) is 0.298.